The highest BCUT2D eigenvalue weighted by Gasteiger charge is 2.32. The van der Waals surface area contributed by atoms with Gasteiger partial charge in [-0.15, -0.1) is 0 Å². The van der Waals surface area contributed by atoms with Crippen molar-refractivity contribution in [1.29, 1.82) is 0 Å². The number of aryl methyl sites for hydroxylation is 1. The Morgan fingerprint density at radius 1 is 1.27 bits per heavy atom. The third-order valence-electron chi connectivity index (χ3n) is 3.85. The van der Waals surface area contributed by atoms with Crippen LogP contribution in [0, 0.1) is 0 Å². The van der Waals surface area contributed by atoms with Gasteiger partial charge >= 0.3 is 0 Å². The highest BCUT2D eigenvalue weighted by atomic mass is 16.3. The maximum atomic E-state index is 9.97. The standard InChI is InChI=1S/C13H17NO/c15-12-5-1-3-9-6-7-11-10(13(9)12)4-2-8-14-11/h1,3,5,10-11,14-15H,2,4,6-8H2/t10?,11-/m0/s1. The molecule has 2 atom stereocenters. The van der Waals surface area contributed by atoms with Crippen LogP contribution in [-0.4, -0.2) is 17.7 Å². The van der Waals surface area contributed by atoms with E-state index in [4.69, 9.17) is 0 Å². The quantitative estimate of drug-likeness (QED) is 0.677. The van der Waals surface area contributed by atoms with Crippen LogP contribution in [-0.2, 0) is 6.42 Å². The number of hydrogen-bond acceptors (Lipinski definition) is 2. The smallest absolute Gasteiger partial charge is 0.119 e. The molecule has 2 heteroatoms. The first-order valence-electron chi connectivity index (χ1n) is 5.90. The number of piperidine rings is 1. The van der Waals surface area contributed by atoms with Gasteiger partial charge in [0.1, 0.15) is 5.75 Å². The fourth-order valence-corrected chi connectivity index (χ4v) is 3.16. The van der Waals surface area contributed by atoms with E-state index in [-0.39, 0.29) is 0 Å². The molecule has 15 heavy (non-hydrogen) atoms. The SMILES string of the molecule is Oc1cccc2c1C1CCCN[C@H]1CC2. The lowest BCUT2D eigenvalue weighted by molar-refractivity contribution is 0.310. The first-order chi connectivity index (χ1) is 7.36. The molecule has 80 valence electrons. The van der Waals surface area contributed by atoms with Gasteiger partial charge in [-0.25, -0.2) is 0 Å². The minimum atomic E-state index is 0.505. The lowest BCUT2D eigenvalue weighted by Crippen LogP contribution is -2.42. The molecule has 1 unspecified atom stereocenters. The number of fused-ring (bicyclic) bond motifs is 3. The first kappa shape index (κ1) is 9.22. The Hall–Kier alpha value is -1.02. The summed E-state index contributed by atoms with van der Waals surface area (Å²) in [6.07, 6.45) is 4.79. The number of phenolic OH excluding ortho intramolecular Hbond substituents is 1. The molecule has 1 aromatic carbocycles. The Labute approximate surface area is 90.3 Å². The summed E-state index contributed by atoms with van der Waals surface area (Å²) in [6.45, 7) is 1.14. The summed E-state index contributed by atoms with van der Waals surface area (Å²) in [5.41, 5.74) is 2.58. The summed E-state index contributed by atoms with van der Waals surface area (Å²) in [6, 6.07) is 6.56. The van der Waals surface area contributed by atoms with Crippen molar-refractivity contribution in [2.24, 2.45) is 0 Å². The molecule has 1 saturated heterocycles. The van der Waals surface area contributed by atoms with Gasteiger partial charge in [-0.05, 0) is 43.9 Å². The first-order valence-corrected chi connectivity index (χ1v) is 5.90. The van der Waals surface area contributed by atoms with Crippen molar-refractivity contribution in [1.82, 2.24) is 5.32 Å². The van der Waals surface area contributed by atoms with E-state index in [2.05, 4.69) is 11.4 Å². The number of aromatic hydroxyl groups is 1. The third-order valence-corrected chi connectivity index (χ3v) is 3.85. The van der Waals surface area contributed by atoms with E-state index in [9.17, 15) is 5.11 Å². The Morgan fingerprint density at radius 2 is 2.20 bits per heavy atom. The van der Waals surface area contributed by atoms with Gasteiger partial charge in [-0.3, -0.25) is 0 Å². The second-order valence-corrected chi connectivity index (χ2v) is 4.70. The van der Waals surface area contributed by atoms with Crippen LogP contribution in [0.15, 0.2) is 18.2 Å². The minimum Gasteiger partial charge on any atom is -0.508 e. The summed E-state index contributed by atoms with van der Waals surface area (Å²) in [5, 5.41) is 13.5. The van der Waals surface area contributed by atoms with E-state index in [1.54, 1.807) is 0 Å². The van der Waals surface area contributed by atoms with Crippen molar-refractivity contribution >= 4 is 0 Å². The lowest BCUT2D eigenvalue weighted by atomic mass is 9.75. The van der Waals surface area contributed by atoms with Gasteiger partial charge in [-0.2, -0.15) is 0 Å². The van der Waals surface area contributed by atoms with Crippen LogP contribution in [0.2, 0.25) is 0 Å². The molecule has 1 fully saturated rings. The van der Waals surface area contributed by atoms with Gasteiger partial charge in [-0.1, -0.05) is 12.1 Å². The summed E-state index contributed by atoms with van der Waals surface area (Å²) in [4.78, 5) is 0. The number of rotatable bonds is 0. The highest BCUT2D eigenvalue weighted by molar-refractivity contribution is 5.44. The van der Waals surface area contributed by atoms with Crippen LogP contribution < -0.4 is 5.32 Å². The average Bonchev–Trinajstić information content (AvgIpc) is 2.29. The molecule has 0 saturated carbocycles. The molecule has 0 bridgehead atoms. The van der Waals surface area contributed by atoms with Gasteiger partial charge in [0, 0.05) is 17.5 Å². The molecule has 0 radical (unpaired) electrons. The molecular weight excluding hydrogens is 186 g/mol. The summed E-state index contributed by atoms with van der Waals surface area (Å²) in [7, 11) is 0. The van der Waals surface area contributed by atoms with Gasteiger partial charge in [0.25, 0.3) is 0 Å². The van der Waals surface area contributed by atoms with Gasteiger partial charge in [0.05, 0.1) is 0 Å². The highest BCUT2D eigenvalue weighted by Crippen LogP contribution is 2.41. The van der Waals surface area contributed by atoms with E-state index in [0.29, 0.717) is 17.7 Å². The Balaban J connectivity index is 2.05. The van der Waals surface area contributed by atoms with Crippen molar-refractivity contribution < 1.29 is 5.11 Å². The molecule has 2 aliphatic rings. The Kier molecular flexibility index (Phi) is 2.17. The van der Waals surface area contributed by atoms with Crippen molar-refractivity contribution in [2.75, 3.05) is 6.54 Å². The number of hydrogen-bond donors (Lipinski definition) is 2. The van der Waals surface area contributed by atoms with Crippen LogP contribution in [0.4, 0.5) is 0 Å². The minimum absolute atomic E-state index is 0.505. The molecule has 3 rings (SSSR count). The molecule has 1 aromatic rings. The molecule has 1 aliphatic heterocycles. The van der Waals surface area contributed by atoms with E-state index in [0.717, 1.165) is 13.0 Å². The average molecular weight is 203 g/mol. The molecule has 0 amide bonds. The second-order valence-electron chi connectivity index (χ2n) is 4.70. The van der Waals surface area contributed by atoms with E-state index in [1.807, 2.05) is 12.1 Å². The molecular formula is C13H17NO. The Bertz CT molecular complexity index is 375. The monoisotopic (exact) mass is 203 g/mol. The fourth-order valence-electron chi connectivity index (χ4n) is 3.16. The van der Waals surface area contributed by atoms with Crippen molar-refractivity contribution in [3.8, 4) is 5.75 Å². The molecule has 1 aliphatic carbocycles. The van der Waals surface area contributed by atoms with E-state index in [1.165, 1.54) is 30.4 Å². The van der Waals surface area contributed by atoms with Gasteiger partial charge < -0.3 is 10.4 Å². The van der Waals surface area contributed by atoms with Crippen LogP contribution in [0.3, 0.4) is 0 Å². The zero-order valence-electron chi connectivity index (χ0n) is 8.87. The number of benzene rings is 1. The molecule has 2 nitrogen and oxygen atoms in total. The summed E-state index contributed by atoms with van der Waals surface area (Å²) >= 11 is 0. The van der Waals surface area contributed by atoms with Crippen LogP contribution in [0.1, 0.15) is 36.3 Å². The Morgan fingerprint density at radius 3 is 3.13 bits per heavy atom. The maximum Gasteiger partial charge on any atom is 0.119 e. The number of nitrogens with one attached hydrogen (secondary N) is 1. The molecule has 1 heterocycles. The van der Waals surface area contributed by atoms with Crippen molar-refractivity contribution in [2.45, 2.75) is 37.6 Å². The normalized spacial score (nSPS) is 29.3. The van der Waals surface area contributed by atoms with Crippen LogP contribution >= 0.6 is 0 Å². The predicted octanol–water partition coefficient (Wildman–Crippen LogP) is 2.17. The van der Waals surface area contributed by atoms with Crippen LogP contribution in [0.25, 0.3) is 0 Å². The fraction of sp³-hybridized carbons (Fsp3) is 0.538. The lowest BCUT2D eigenvalue weighted by Gasteiger charge is -2.38. The van der Waals surface area contributed by atoms with Crippen molar-refractivity contribution in [3.05, 3.63) is 29.3 Å². The zero-order chi connectivity index (χ0) is 10.3. The van der Waals surface area contributed by atoms with E-state index < -0.39 is 0 Å². The molecule has 2 N–H and O–H groups in total. The van der Waals surface area contributed by atoms with Crippen LogP contribution in [0.5, 0.6) is 5.75 Å². The number of phenols is 1. The van der Waals surface area contributed by atoms with Crippen molar-refractivity contribution in [3.63, 3.8) is 0 Å². The second kappa shape index (κ2) is 3.53. The molecule has 0 spiro atoms. The largest absolute Gasteiger partial charge is 0.508 e. The maximum absolute atomic E-state index is 9.97. The zero-order valence-corrected chi connectivity index (χ0v) is 8.87. The molecule has 0 aromatic heterocycles. The third kappa shape index (κ3) is 1.44. The summed E-state index contributed by atoms with van der Waals surface area (Å²) < 4.78 is 0. The van der Waals surface area contributed by atoms with Gasteiger partial charge in [0.15, 0.2) is 0 Å². The predicted molar refractivity (Wildman–Crippen MR) is 60.2 cm³/mol. The topological polar surface area (TPSA) is 32.3 Å². The van der Waals surface area contributed by atoms with E-state index >= 15 is 0 Å². The summed E-state index contributed by atoms with van der Waals surface area (Å²) in [5.74, 6) is 1.05. The van der Waals surface area contributed by atoms with Gasteiger partial charge in [0.2, 0.25) is 0 Å².